The monoisotopic (exact) mass is 73.1 g/mol. The molecule has 30 valence electrons. The molecule has 0 radical (unpaired) electrons. The molecule has 0 aromatic rings. The van der Waals surface area contributed by atoms with Gasteiger partial charge in [0.25, 0.3) is 0 Å². The van der Waals surface area contributed by atoms with Gasteiger partial charge in [-0.25, -0.2) is 5.43 Å². The van der Waals surface area contributed by atoms with Crippen LogP contribution in [0.25, 0.3) is 0 Å². The van der Waals surface area contributed by atoms with Crippen LogP contribution in [0.5, 0.6) is 0 Å². The van der Waals surface area contributed by atoms with Crippen LogP contribution in [-0.4, -0.2) is 12.7 Å². The van der Waals surface area contributed by atoms with E-state index in [0.717, 1.165) is 6.54 Å². The summed E-state index contributed by atoms with van der Waals surface area (Å²) in [4.78, 5) is 0. The summed E-state index contributed by atoms with van der Waals surface area (Å²) in [5, 5.41) is 0. The van der Waals surface area contributed by atoms with Gasteiger partial charge in [0.05, 0.1) is 6.17 Å². The molecule has 1 heterocycles. The first kappa shape index (κ1) is 3.08. The van der Waals surface area contributed by atoms with Crippen molar-refractivity contribution in [3.05, 3.63) is 0 Å². The molecule has 0 aromatic carbocycles. The molecular formula is C2H7N3. The highest BCUT2D eigenvalue weighted by atomic mass is 15.5. The van der Waals surface area contributed by atoms with Crippen molar-refractivity contribution in [2.75, 3.05) is 6.54 Å². The van der Waals surface area contributed by atoms with Crippen LogP contribution in [0.1, 0.15) is 0 Å². The largest absolute Gasteiger partial charge is 0.314 e. The Hall–Kier alpha value is -0.120. The standard InChI is InChI=1S/C2H7N3/c3-2-1-4-5-2/h2,4-5H,1,3H2. The van der Waals surface area contributed by atoms with Crippen LogP contribution in [0.4, 0.5) is 0 Å². The van der Waals surface area contributed by atoms with E-state index in [2.05, 4.69) is 10.9 Å². The normalized spacial score (nSPS) is 36.6. The van der Waals surface area contributed by atoms with Crippen LogP contribution < -0.4 is 16.6 Å². The Morgan fingerprint density at radius 2 is 2.20 bits per heavy atom. The molecule has 3 heteroatoms. The van der Waals surface area contributed by atoms with Crippen molar-refractivity contribution in [1.29, 1.82) is 0 Å². The van der Waals surface area contributed by atoms with E-state index in [1.54, 1.807) is 0 Å². The summed E-state index contributed by atoms with van der Waals surface area (Å²) in [6.45, 7) is 0.903. The van der Waals surface area contributed by atoms with Crippen molar-refractivity contribution >= 4 is 0 Å². The van der Waals surface area contributed by atoms with E-state index < -0.39 is 0 Å². The molecular weight excluding hydrogens is 66.0 g/mol. The van der Waals surface area contributed by atoms with E-state index in [1.165, 1.54) is 0 Å². The summed E-state index contributed by atoms with van der Waals surface area (Å²) in [5.41, 5.74) is 10.7. The highest BCUT2D eigenvalue weighted by molar-refractivity contribution is 4.65. The van der Waals surface area contributed by atoms with Gasteiger partial charge in [-0.3, -0.25) is 5.43 Å². The average molecular weight is 73.1 g/mol. The molecule has 0 saturated carbocycles. The van der Waals surface area contributed by atoms with Crippen molar-refractivity contribution in [3.63, 3.8) is 0 Å². The quantitative estimate of drug-likeness (QED) is 0.323. The Bertz CT molecular complexity index is 31.9. The maximum absolute atomic E-state index is 5.20. The average Bonchev–Trinajstić information content (AvgIpc) is 1.30. The number of hydrazine groups is 1. The second-order valence-electron chi connectivity index (χ2n) is 1.13. The minimum absolute atomic E-state index is 0.204. The number of nitrogens with one attached hydrogen (secondary N) is 2. The molecule has 0 aromatic heterocycles. The fourth-order valence-electron chi connectivity index (χ4n) is 0.220. The molecule has 1 unspecified atom stereocenters. The van der Waals surface area contributed by atoms with Gasteiger partial charge in [0.2, 0.25) is 0 Å². The first-order valence-electron chi connectivity index (χ1n) is 1.63. The molecule has 3 nitrogen and oxygen atoms in total. The lowest BCUT2D eigenvalue weighted by Gasteiger charge is -2.23. The molecule has 1 atom stereocenters. The smallest absolute Gasteiger partial charge is 0.0819 e. The van der Waals surface area contributed by atoms with Gasteiger partial charge in [-0.05, 0) is 0 Å². The van der Waals surface area contributed by atoms with E-state index >= 15 is 0 Å². The summed E-state index contributed by atoms with van der Waals surface area (Å²) in [5.74, 6) is 0. The molecule has 0 amide bonds. The molecule has 5 heavy (non-hydrogen) atoms. The summed E-state index contributed by atoms with van der Waals surface area (Å²) in [6.07, 6.45) is 0.204. The topological polar surface area (TPSA) is 50.1 Å². The third kappa shape index (κ3) is 0.397. The van der Waals surface area contributed by atoms with Crippen molar-refractivity contribution in [3.8, 4) is 0 Å². The fraction of sp³-hybridized carbons (Fsp3) is 1.00. The van der Waals surface area contributed by atoms with Gasteiger partial charge in [-0.15, -0.1) is 0 Å². The van der Waals surface area contributed by atoms with Gasteiger partial charge in [0, 0.05) is 6.54 Å². The van der Waals surface area contributed by atoms with Crippen LogP contribution in [0.15, 0.2) is 0 Å². The minimum atomic E-state index is 0.204. The van der Waals surface area contributed by atoms with Gasteiger partial charge in [-0.1, -0.05) is 0 Å². The highest BCUT2D eigenvalue weighted by Crippen LogP contribution is 1.70. The Morgan fingerprint density at radius 1 is 1.80 bits per heavy atom. The minimum Gasteiger partial charge on any atom is -0.314 e. The SMILES string of the molecule is NC1CNN1. The third-order valence-electron chi connectivity index (χ3n) is 0.609. The molecule has 0 bridgehead atoms. The van der Waals surface area contributed by atoms with Crippen molar-refractivity contribution in [1.82, 2.24) is 10.9 Å². The summed E-state index contributed by atoms with van der Waals surface area (Å²) < 4.78 is 0. The van der Waals surface area contributed by atoms with Crippen molar-refractivity contribution in [2.24, 2.45) is 5.73 Å². The van der Waals surface area contributed by atoms with Gasteiger partial charge < -0.3 is 5.73 Å². The second-order valence-corrected chi connectivity index (χ2v) is 1.13. The van der Waals surface area contributed by atoms with Crippen LogP contribution in [0.3, 0.4) is 0 Å². The van der Waals surface area contributed by atoms with Crippen LogP contribution in [-0.2, 0) is 0 Å². The molecule has 1 aliphatic rings. The van der Waals surface area contributed by atoms with Crippen LogP contribution in [0.2, 0.25) is 0 Å². The Kier molecular flexibility index (Phi) is 0.574. The molecule has 1 saturated heterocycles. The highest BCUT2D eigenvalue weighted by Gasteiger charge is 2.06. The van der Waals surface area contributed by atoms with E-state index in [9.17, 15) is 0 Å². The zero-order valence-corrected chi connectivity index (χ0v) is 2.86. The lowest BCUT2D eigenvalue weighted by atomic mass is 10.5. The van der Waals surface area contributed by atoms with Gasteiger partial charge in [-0.2, -0.15) is 0 Å². The summed E-state index contributed by atoms with van der Waals surface area (Å²) in [7, 11) is 0. The summed E-state index contributed by atoms with van der Waals surface area (Å²) >= 11 is 0. The number of hydrogen-bond donors (Lipinski definition) is 3. The maximum Gasteiger partial charge on any atom is 0.0819 e. The summed E-state index contributed by atoms with van der Waals surface area (Å²) in [6, 6.07) is 0. The van der Waals surface area contributed by atoms with E-state index in [4.69, 9.17) is 5.73 Å². The maximum atomic E-state index is 5.20. The second kappa shape index (κ2) is 0.931. The lowest BCUT2D eigenvalue weighted by Crippen LogP contribution is -2.63. The third-order valence-corrected chi connectivity index (χ3v) is 0.609. The molecule has 0 spiro atoms. The molecule has 1 rings (SSSR count). The number of nitrogens with two attached hydrogens (primary N) is 1. The number of hydrogen-bond acceptors (Lipinski definition) is 3. The lowest BCUT2D eigenvalue weighted by molar-refractivity contribution is 0.308. The fourth-order valence-corrected chi connectivity index (χ4v) is 0.220. The Morgan fingerprint density at radius 3 is 2.20 bits per heavy atom. The first-order valence-corrected chi connectivity index (χ1v) is 1.63. The molecule has 1 aliphatic heterocycles. The zero-order chi connectivity index (χ0) is 3.70. The van der Waals surface area contributed by atoms with E-state index in [-0.39, 0.29) is 6.17 Å². The van der Waals surface area contributed by atoms with E-state index in [1.807, 2.05) is 0 Å². The molecule has 1 fully saturated rings. The van der Waals surface area contributed by atoms with Crippen molar-refractivity contribution < 1.29 is 0 Å². The van der Waals surface area contributed by atoms with Crippen molar-refractivity contribution in [2.45, 2.75) is 6.17 Å². The predicted molar refractivity (Wildman–Crippen MR) is 19.1 cm³/mol. The zero-order valence-electron chi connectivity index (χ0n) is 2.86. The van der Waals surface area contributed by atoms with Crippen LogP contribution in [0, 0.1) is 0 Å². The first-order chi connectivity index (χ1) is 2.39. The van der Waals surface area contributed by atoms with E-state index in [0.29, 0.717) is 0 Å². The van der Waals surface area contributed by atoms with Gasteiger partial charge in [0.1, 0.15) is 0 Å². The Balaban J connectivity index is 2.08. The van der Waals surface area contributed by atoms with Gasteiger partial charge in [0.15, 0.2) is 0 Å². The van der Waals surface area contributed by atoms with Gasteiger partial charge >= 0.3 is 0 Å². The number of rotatable bonds is 0. The predicted octanol–water partition coefficient (Wildman–Crippen LogP) is -1.62. The van der Waals surface area contributed by atoms with Crippen LogP contribution >= 0.6 is 0 Å². The molecule has 4 N–H and O–H groups in total. The molecule has 0 aliphatic carbocycles. The Labute approximate surface area is 30.5 Å².